The molecule has 0 aliphatic carbocycles. The van der Waals surface area contributed by atoms with Crippen LogP contribution in [0.1, 0.15) is 0 Å². The molecule has 0 atom stereocenters. The lowest BCUT2D eigenvalue weighted by Crippen LogP contribution is -1.94. The van der Waals surface area contributed by atoms with Crippen molar-refractivity contribution in [2.75, 3.05) is 5.75 Å². The average Bonchev–Trinajstić information content (AvgIpc) is 2.52. The molecule has 0 saturated heterocycles. The van der Waals surface area contributed by atoms with Gasteiger partial charge in [0.1, 0.15) is 0 Å². The predicted octanol–water partition coefficient (Wildman–Crippen LogP) is 1.19. The summed E-state index contributed by atoms with van der Waals surface area (Å²) in [4.78, 5) is 1.59. The summed E-state index contributed by atoms with van der Waals surface area (Å²) in [5.74, 6) is 1.22. The van der Waals surface area contributed by atoms with Crippen LogP contribution in [0.15, 0.2) is 22.7 Å². The van der Waals surface area contributed by atoms with E-state index >= 15 is 0 Å². The van der Waals surface area contributed by atoms with Gasteiger partial charge in [0.25, 0.3) is 0 Å². The second-order valence-electron chi connectivity index (χ2n) is 2.64. The molecule has 2 aliphatic heterocycles. The molecule has 0 nitrogen and oxygen atoms in total. The molecule has 3 rings (SSSR count). The van der Waals surface area contributed by atoms with Crippen LogP contribution in [0.5, 0.6) is 0 Å². The Kier molecular flexibility index (Phi) is 1.27. The van der Waals surface area contributed by atoms with Crippen LogP contribution < -0.4 is 5.22 Å². The van der Waals surface area contributed by atoms with E-state index in [0.29, 0.717) is 9.13 Å². The van der Waals surface area contributed by atoms with Crippen molar-refractivity contribution in [3.8, 4) is 0 Å². The van der Waals surface area contributed by atoms with E-state index in [4.69, 9.17) is 0 Å². The molecule has 0 bridgehead atoms. The Morgan fingerprint density at radius 1 is 1.45 bits per heavy atom. The minimum Gasteiger partial charge on any atom is -0.149 e. The van der Waals surface area contributed by atoms with E-state index in [2.05, 4.69) is 17.5 Å². The van der Waals surface area contributed by atoms with Crippen LogP contribution in [0.3, 0.4) is 0 Å². The van der Waals surface area contributed by atoms with Crippen molar-refractivity contribution in [1.82, 2.24) is 0 Å². The highest BCUT2D eigenvalue weighted by atomic mass is 32.2. The first-order chi connectivity index (χ1) is 5.45. The van der Waals surface area contributed by atoms with Crippen LogP contribution in [-0.2, 0) is 0 Å². The fourth-order valence-corrected chi connectivity index (χ4v) is 6.03. The highest BCUT2D eigenvalue weighted by molar-refractivity contribution is 8.08. The lowest BCUT2D eigenvalue weighted by atomic mass is 10.4. The minimum absolute atomic E-state index is 0.472. The molecule has 0 N–H and O–H groups in total. The molecular weight excluding hydrogens is 188 g/mol. The van der Waals surface area contributed by atoms with Gasteiger partial charge in [0.2, 0.25) is 0 Å². The summed E-state index contributed by atoms with van der Waals surface area (Å²) in [6.07, 6.45) is 2.40. The predicted molar refractivity (Wildman–Crippen MR) is 53.9 cm³/mol. The summed E-state index contributed by atoms with van der Waals surface area (Å²) >= 11 is 3.94. The number of thiophene rings is 1. The van der Waals surface area contributed by atoms with Gasteiger partial charge < -0.3 is 0 Å². The van der Waals surface area contributed by atoms with Crippen LogP contribution in [0.25, 0.3) is 4.91 Å². The fourth-order valence-electron chi connectivity index (χ4n) is 1.51. The normalized spacial score (nSPS) is 19.3. The summed E-state index contributed by atoms with van der Waals surface area (Å²) in [6.45, 7) is 0. The molecule has 54 valence electrons. The Morgan fingerprint density at radius 2 is 2.45 bits per heavy atom. The van der Waals surface area contributed by atoms with Gasteiger partial charge in [-0.1, -0.05) is 6.08 Å². The zero-order valence-corrected chi connectivity index (χ0v) is 8.62. The fraction of sp³-hybridized carbons (Fsp3) is 0.125. The maximum atomic E-state index is 2.40. The maximum absolute atomic E-state index is 2.40. The first-order valence-corrected chi connectivity index (χ1v) is 6.60. The van der Waals surface area contributed by atoms with Crippen molar-refractivity contribution in [3.05, 3.63) is 32.1 Å². The molecule has 1 aromatic heterocycles. The molecule has 0 saturated carbocycles. The molecule has 0 unspecified atom stereocenters. The van der Waals surface area contributed by atoms with E-state index in [0.717, 1.165) is 0 Å². The van der Waals surface area contributed by atoms with E-state index in [1.165, 1.54) is 5.75 Å². The average molecular weight is 194 g/mol. The van der Waals surface area contributed by atoms with Crippen LogP contribution >= 0.6 is 23.1 Å². The van der Waals surface area contributed by atoms with Gasteiger partial charge >= 0.3 is 0 Å². The van der Waals surface area contributed by atoms with Gasteiger partial charge in [-0.25, -0.2) is 0 Å². The lowest BCUT2D eigenvalue weighted by Gasteiger charge is -1.89. The first-order valence-electron chi connectivity index (χ1n) is 3.58. The van der Waals surface area contributed by atoms with Gasteiger partial charge in [-0.05, 0) is 16.6 Å². The van der Waals surface area contributed by atoms with Crippen LogP contribution in [-0.4, -0.2) is 14.9 Å². The molecule has 0 radical (unpaired) electrons. The van der Waals surface area contributed by atoms with Crippen LogP contribution in [0.2, 0.25) is 0 Å². The summed E-state index contributed by atoms with van der Waals surface area (Å²) in [7, 11) is 0.472. The smallest absolute Gasteiger partial charge is 0.0535 e. The van der Waals surface area contributed by atoms with Crippen molar-refractivity contribution in [2.24, 2.45) is 0 Å². The zero-order chi connectivity index (χ0) is 7.26. The van der Waals surface area contributed by atoms with Crippen LogP contribution in [0, 0.1) is 4.13 Å². The largest absolute Gasteiger partial charge is 0.149 e. The summed E-state index contributed by atoms with van der Waals surface area (Å²) in [6, 6.07) is 2.28. The van der Waals surface area contributed by atoms with E-state index in [9.17, 15) is 0 Å². The van der Waals surface area contributed by atoms with Gasteiger partial charge in [0.15, 0.2) is 0 Å². The van der Waals surface area contributed by atoms with E-state index in [1.54, 1.807) is 19.4 Å². The minimum atomic E-state index is 0.472. The van der Waals surface area contributed by atoms with Gasteiger partial charge in [-0.3, -0.25) is 0 Å². The Labute approximate surface area is 75.1 Å². The van der Waals surface area contributed by atoms with Crippen molar-refractivity contribution < 1.29 is 0 Å². The summed E-state index contributed by atoms with van der Waals surface area (Å²) in [5, 5.41) is 5.44. The Morgan fingerprint density at radius 3 is 3.45 bits per heavy atom. The lowest BCUT2D eigenvalue weighted by molar-refractivity contribution is 1.78. The molecule has 0 spiro atoms. The number of rotatable bonds is 0. The molecular formula is C8H6S2Si. The van der Waals surface area contributed by atoms with Crippen molar-refractivity contribution in [3.63, 3.8) is 0 Å². The molecule has 0 aromatic carbocycles. The number of fused-ring (bicyclic) bond motifs is 2. The molecule has 11 heavy (non-hydrogen) atoms. The quantitative estimate of drug-likeness (QED) is 0.559. The van der Waals surface area contributed by atoms with Gasteiger partial charge in [0.05, 0.1) is 9.13 Å². The molecule has 0 amide bonds. The number of thioether (sulfide) groups is 1. The number of hydrogen-bond donors (Lipinski definition) is 0. The molecule has 1 aromatic rings. The maximum Gasteiger partial charge on any atom is 0.0535 e. The zero-order valence-electron chi connectivity index (χ0n) is 5.83. The molecule has 2 aliphatic rings. The van der Waals surface area contributed by atoms with Gasteiger partial charge in [-0.15, -0.1) is 23.1 Å². The molecule has 3 heterocycles. The van der Waals surface area contributed by atoms with Crippen molar-refractivity contribution in [2.45, 2.75) is 0 Å². The third-order valence-electron chi connectivity index (χ3n) is 2.02. The standard InChI is InChI=1S/C8H6S2Si/c1-3-10-8-5(1)7-6(11-8)2-4-9-7/h1-3,11H,4H2. The van der Waals surface area contributed by atoms with Crippen molar-refractivity contribution in [1.29, 1.82) is 0 Å². The highest BCUT2D eigenvalue weighted by Gasteiger charge is 2.15. The third kappa shape index (κ3) is 0.789. The molecule has 0 fully saturated rings. The third-order valence-corrected chi connectivity index (χ3v) is 6.22. The second kappa shape index (κ2) is 2.18. The SMILES string of the molecule is C1=C2[SiH]=c3sccc3=C2SC1. The Balaban J connectivity index is 2.55. The van der Waals surface area contributed by atoms with Gasteiger partial charge in [0, 0.05) is 20.0 Å². The van der Waals surface area contributed by atoms with E-state index in [1.807, 2.05) is 23.1 Å². The van der Waals surface area contributed by atoms with Crippen LogP contribution in [0.4, 0.5) is 0 Å². The summed E-state index contributed by atoms with van der Waals surface area (Å²) < 4.78 is 1.65. The summed E-state index contributed by atoms with van der Waals surface area (Å²) in [5.41, 5.74) is 0. The monoisotopic (exact) mass is 194 g/mol. The number of hydrogen-bond acceptors (Lipinski definition) is 2. The Hall–Kier alpha value is -0.123. The first kappa shape index (κ1) is 6.40. The topological polar surface area (TPSA) is 0 Å². The van der Waals surface area contributed by atoms with E-state index < -0.39 is 0 Å². The van der Waals surface area contributed by atoms with E-state index in [-0.39, 0.29) is 0 Å². The highest BCUT2D eigenvalue weighted by Crippen LogP contribution is 2.32. The Bertz CT molecular complexity index is 453. The second-order valence-corrected chi connectivity index (χ2v) is 6.53. The molecule has 3 heteroatoms. The van der Waals surface area contributed by atoms with Gasteiger partial charge in [-0.2, -0.15) is 0 Å². The van der Waals surface area contributed by atoms with Crippen molar-refractivity contribution >= 4 is 37.1 Å².